The Balaban J connectivity index is 2.83. The van der Waals surface area contributed by atoms with Gasteiger partial charge in [0.25, 0.3) is 0 Å². The van der Waals surface area contributed by atoms with Gasteiger partial charge in [-0.25, -0.2) is 0 Å². The van der Waals surface area contributed by atoms with Gasteiger partial charge < -0.3 is 0 Å². The fourth-order valence-electron chi connectivity index (χ4n) is 0.493. The quantitative estimate of drug-likeness (QED) is 0.476. The maximum Gasteiger partial charge on any atom is 0.219 e. The number of hydrogen-bond donors (Lipinski definition) is 0. The van der Waals surface area contributed by atoms with Crippen LogP contribution in [0.25, 0.3) is 0 Å². The SMILES string of the molecule is C[CH+]C[C+](C)CC. The molecule has 0 atom stereocenters. The monoisotopic (exact) mass is 98.1 g/mol. The molecule has 0 fully saturated rings. The molecule has 0 aromatic heterocycles. The lowest BCUT2D eigenvalue weighted by atomic mass is 10.0. The van der Waals surface area contributed by atoms with Crippen molar-refractivity contribution in [3.8, 4) is 0 Å². The molecule has 0 aliphatic carbocycles. The standard InChI is InChI=1S/C7H14/c1-4-6-7(3)5-2/h4H,5-6H2,1-3H3/q+2. The van der Waals surface area contributed by atoms with Crippen LogP contribution >= 0.6 is 0 Å². The Labute approximate surface area is 46.9 Å². The lowest BCUT2D eigenvalue weighted by Gasteiger charge is -1.84. The molecular weight excluding hydrogens is 84.1 g/mol. The summed E-state index contributed by atoms with van der Waals surface area (Å²) >= 11 is 0. The van der Waals surface area contributed by atoms with E-state index in [1.807, 2.05) is 0 Å². The second kappa shape index (κ2) is 3.91. The second-order valence-electron chi connectivity index (χ2n) is 1.92. The van der Waals surface area contributed by atoms with Crippen molar-refractivity contribution >= 4 is 0 Å². The zero-order chi connectivity index (χ0) is 5.70. The Morgan fingerprint density at radius 3 is 2.29 bits per heavy atom. The third-order valence-corrected chi connectivity index (χ3v) is 1.16. The first-order chi connectivity index (χ1) is 3.31. The Hall–Kier alpha value is -0.260. The summed E-state index contributed by atoms with van der Waals surface area (Å²) in [6, 6.07) is 0. The zero-order valence-electron chi connectivity index (χ0n) is 5.49. The fourth-order valence-corrected chi connectivity index (χ4v) is 0.493. The Morgan fingerprint density at radius 2 is 2.14 bits per heavy atom. The highest BCUT2D eigenvalue weighted by atomic mass is 14.0. The summed E-state index contributed by atoms with van der Waals surface area (Å²) in [6.45, 7) is 6.48. The molecule has 0 bridgehead atoms. The summed E-state index contributed by atoms with van der Waals surface area (Å²) < 4.78 is 0. The van der Waals surface area contributed by atoms with Crippen LogP contribution in [0.5, 0.6) is 0 Å². The Bertz CT molecular complexity index is 31.0. The van der Waals surface area contributed by atoms with Crippen LogP contribution in [-0.2, 0) is 0 Å². The van der Waals surface area contributed by atoms with E-state index in [4.69, 9.17) is 0 Å². The van der Waals surface area contributed by atoms with E-state index < -0.39 is 0 Å². The summed E-state index contributed by atoms with van der Waals surface area (Å²) in [4.78, 5) is 0. The van der Waals surface area contributed by atoms with Crippen LogP contribution < -0.4 is 0 Å². The van der Waals surface area contributed by atoms with E-state index in [1.165, 1.54) is 12.8 Å². The Morgan fingerprint density at radius 1 is 1.57 bits per heavy atom. The van der Waals surface area contributed by atoms with Crippen molar-refractivity contribution < 1.29 is 0 Å². The minimum absolute atomic E-state index is 1.19. The average Bonchev–Trinajstić information content (AvgIpc) is 1.68. The molecule has 0 heterocycles. The molecule has 0 aliphatic heterocycles. The lowest BCUT2D eigenvalue weighted by molar-refractivity contribution is 0.829. The highest BCUT2D eigenvalue weighted by molar-refractivity contribution is 4.86. The van der Waals surface area contributed by atoms with Gasteiger partial charge in [-0.2, -0.15) is 0 Å². The van der Waals surface area contributed by atoms with Gasteiger partial charge in [-0.15, -0.1) is 0 Å². The smallest absolute Gasteiger partial charge is 0.0240 e. The number of hydrogen-bond acceptors (Lipinski definition) is 0. The molecule has 0 saturated carbocycles. The van der Waals surface area contributed by atoms with Crippen LogP contribution in [0.2, 0.25) is 0 Å². The maximum atomic E-state index is 2.19. The summed E-state index contributed by atoms with van der Waals surface area (Å²) in [5.41, 5.74) is 0. The molecule has 0 aliphatic rings. The predicted octanol–water partition coefficient (Wildman–Crippen LogP) is 2.61. The third kappa shape index (κ3) is 3.57. The molecule has 0 nitrogen and oxygen atoms in total. The van der Waals surface area contributed by atoms with E-state index in [0.717, 1.165) is 0 Å². The van der Waals surface area contributed by atoms with Gasteiger partial charge in [0, 0.05) is 0 Å². The molecule has 0 aromatic rings. The van der Waals surface area contributed by atoms with Crippen LogP contribution in [0.15, 0.2) is 0 Å². The van der Waals surface area contributed by atoms with Gasteiger partial charge in [0.05, 0.1) is 20.3 Å². The molecule has 0 aromatic carbocycles. The molecule has 0 unspecified atom stereocenters. The van der Waals surface area contributed by atoms with Crippen molar-refractivity contribution in [1.29, 1.82) is 0 Å². The van der Waals surface area contributed by atoms with Crippen molar-refractivity contribution in [2.75, 3.05) is 0 Å². The summed E-state index contributed by atoms with van der Waals surface area (Å²) in [5.74, 6) is 1.57. The minimum atomic E-state index is 1.19. The highest BCUT2D eigenvalue weighted by Crippen LogP contribution is 2.09. The van der Waals surface area contributed by atoms with Crippen LogP contribution in [-0.4, -0.2) is 0 Å². The minimum Gasteiger partial charge on any atom is -0.0240 e. The molecule has 0 N–H and O–H groups in total. The topological polar surface area (TPSA) is 0 Å². The normalized spacial score (nSPS) is 8.43. The van der Waals surface area contributed by atoms with E-state index in [2.05, 4.69) is 27.2 Å². The molecule has 40 valence electrons. The van der Waals surface area contributed by atoms with E-state index in [9.17, 15) is 0 Å². The van der Waals surface area contributed by atoms with Gasteiger partial charge in [-0.3, -0.25) is 0 Å². The van der Waals surface area contributed by atoms with Gasteiger partial charge in [0.15, 0.2) is 0 Å². The van der Waals surface area contributed by atoms with Crippen LogP contribution in [0.4, 0.5) is 0 Å². The molecule has 0 radical (unpaired) electrons. The molecular formula is C7H14+2. The largest absolute Gasteiger partial charge is 0.219 e. The van der Waals surface area contributed by atoms with E-state index in [1.54, 1.807) is 5.92 Å². The lowest BCUT2D eigenvalue weighted by Crippen LogP contribution is -1.85. The maximum absolute atomic E-state index is 2.19. The second-order valence-corrected chi connectivity index (χ2v) is 1.92. The van der Waals surface area contributed by atoms with Crippen molar-refractivity contribution in [2.24, 2.45) is 0 Å². The average molecular weight is 98.2 g/mol. The van der Waals surface area contributed by atoms with Crippen LogP contribution in [0.1, 0.15) is 33.6 Å². The first-order valence-electron chi connectivity index (χ1n) is 2.90. The highest BCUT2D eigenvalue weighted by Gasteiger charge is 2.11. The summed E-state index contributed by atoms with van der Waals surface area (Å²) in [7, 11) is 0. The summed E-state index contributed by atoms with van der Waals surface area (Å²) in [5, 5.41) is 0. The Kier molecular flexibility index (Phi) is 3.77. The van der Waals surface area contributed by atoms with E-state index >= 15 is 0 Å². The van der Waals surface area contributed by atoms with Crippen LogP contribution in [0.3, 0.4) is 0 Å². The fraction of sp³-hybridized carbons (Fsp3) is 0.714. The van der Waals surface area contributed by atoms with Crippen LogP contribution in [0, 0.1) is 12.3 Å². The van der Waals surface area contributed by atoms with Gasteiger partial charge >= 0.3 is 0 Å². The van der Waals surface area contributed by atoms with Crippen molar-refractivity contribution in [2.45, 2.75) is 33.6 Å². The van der Waals surface area contributed by atoms with E-state index in [-0.39, 0.29) is 0 Å². The molecule has 0 rings (SSSR count). The van der Waals surface area contributed by atoms with Crippen molar-refractivity contribution in [1.82, 2.24) is 0 Å². The predicted molar refractivity (Wildman–Crippen MR) is 33.8 cm³/mol. The summed E-state index contributed by atoms with van der Waals surface area (Å²) in [6.07, 6.45) is 4.61. The molecule has 0 spiro atoms. The zero-order valence-corrected chi connectivity index (χ0v) is 5.49. The molecule has 7 heavy (non-hydrogen) atoms. The molecule has 0 saturated heterocycles. The van der Waals surface area contributed by atoms with Gasteiger partial charge in [-0.1, -0.05) is 0 Å². The molecule has 0 amide bonds. The van der Waals surface area contributed by atoms with Gasteiger partial charge in [0.2, 0.25) is 6.42 Å². The van der Waals surface area contributed by atoms with Crippen molar-refractivity contribution in [3.63, 3.8) is 0 Å². The first kappa shape index (κ1) is 6.74. The van der Waals surface area contributed by atoms with Gasteiger partial charge in [0.1, 0.15) is 12.3 Å². The third-order valence-electron chi connectivity index (χ3n) is 1.16. The first-order valence-corrected chi connectivity index (χ1v) is 2.90. The number of rotatable bonds is 3. The van der Waals surface area contributed by atoms with Gasteiger partial charge in [-0.05, 0) is 6.92 Å². The van der Waals surface area contributed by atoms with E-state index in [0.29, 0.717) is 0 Å². The molecule has 0 heteroatoms. The van der Waals surface area contributed by atoms with Crippen molar-refractivity contribution in [3.05, 3.63) is 12.3 Å².